The molecule has 0 saturated heterocycles. The Morgan fingerprint density at radius 3 is 2.40 bits per heavy atom. The van der Waals surface area contributed by atoms with Crippen LogP contribution >= 0.6 is 23.2 Å². The smallest absolute Gasteiger partial charge is 0.276 e. The number of benzene rings is 2. The molecule has 0 aliphatic heterocycles. The molecule has 0 spiro atoms. The van der Waals surface area contributed by atoms with Crippen molar-refractivity contribution < 1.29 is 14.3 Å². The van der Waals surface area contributed by atoms with Gasteiger partial charge in [-0.2, -0.15) is 0 Å². The summed E-state index contributed by atoms with van der Waals surface area (Å²) in [6.07, 6.45) is 0.583. The van der Waals surface area contributed by atoms with Gasteiger partial charge in [-0.25, -0.2) is 0 Å². The van der Waals surface area contributed by atoms with E-state index in [-0.39, 0.29) is 18.9 Å². The van der Waals surface area contributed by atoms with Gasteiger partial charge in [0.25, 0.3) is 5.91 Å². The Kier molecular flexibility index (Phi) is 7.10. The zero-order valence-corrected chi connectivity index (χ0v) is 15.2. The first-order chi connectivity index (χ1) is 12.0. The van der Waals surface area contributed by atoms with Gasteiger partial charge in [-0.15, -0.1) is 0 Å². The van der Waals surface area contributed by atoms with Crippen molar-refractivity contribution in [3.05, 3.63) is 63.6 Å². The van der Waals surface area contributed by atoms with E-state index in [0.29, 0.717) is 22.2 Å². The number of aryl methyl sites for hydroxylation is 2. The van der Waals surface area contributed by atoms with Gasteiger partial charge in [0.15, 0.2) is 6.61 Å². The number of halogens is 2. The minimum absolute atomic E-state index is 0.166. The molecule has 0 aromatic heterocycles. The first-order valence-corrected chi connectivity index (χ1v) is 8.41. The summed E-state index contributed by atoms with van der Waals surface area (Å²) in [5, 5.41) is 0.883. The quantitative estimate of drug-likeness (QED) is 0.754. The molecule has 0 bridgehead atoms. The third-order valence-corrected chi connectivity index (χ3v) is 4.24. The van der Waals surface area contributed by atoms with E-state index in [1.807, 2.05) is 19.1 Å². The second-order valence-electron chi connectivity index (χ2n) is 5.41. The number of rotatable bonds is 6. The highest BCUT2D eigenvalue weighted by Gasteiger charge is 2.09. The Morgan fingerprint density at radius 1 is 1.00 bits per heavy atom. The average molecular weight is 381 g/mol. The van der Waals surface area contributed by atoms with E-state index in [2.05, 4.69) is 10.9 Å². The van der Waals surface area contributed by atoms with Crippen molar-refractivity contribution in [2.24, 2.45) is 0 Å². The molecule has 7 heteroatoms. The summed E-state index contributed by atoms with van der Waals surface area (Å²) in [7, 11) is 0. The fraction of sp³-hybridized carbons (Fsp3) is 0.222. The number of hydrogen-bond donors (Lipinski definition) is 2. The lowest BCUT2D eigenvalue weighted by atomic mass is 10.1. The van der Waals surface area contributed by atoms with Crippen molar-refractivity contribution in [1.82, 2.24) is 10.9 Å². The van der Waals surface area contributed by atoms with Crippen LogP contribution in [0, 0.1) is 6.92 Å². The van der Waals surface area contributed by atoms with Crippen molar-refractivity contribution in [1.29, 1.82) is 0 Å². The predicted molar refractivity (Wildman–Crippen MR) is 97.7 cm³/mol. The molecule has 2 amide bonds. The van der Waals surface area contributed by atoms with Crippen LogP contribution < -0.4 is 15.6 Å². The van der Waals surface area contributed by atoms with E-state index in [1.54, 1.807) is 30.3 Å². The number of hydrogen-bond acceptors (Lipinski definition) is 3. The Bertz CT molecular complexity index is 748. The van der Waals surface area contributed by atoms with Gasteiger partial charge in [0.1, 0.15) is 5.75 Å². The molecule has 2 aromatic carbocycles. The lowest BCUT2D eigenvalue weighted by Crippen LogP contribution is -2.43. The fourth-order valence-corrected chi connectivity index (χ4v) is 2.43. The van der Waals surface area contributed by atoms with Crippen LogP contribution in [0.5, 0.6) is 5.75 Å². The van der Waals surface area contributed by atoms with Crippen LogP contribution in [0.4, 0.5) is 0 Å². The largest absolute Gasteiger partial charge is 0.484 e. The van der Waals surface area contributed by atoms with Gasteiger partial charge in [0, 0.05) is 6.42 Å². The molecule has 2 N–H and O–H groups in total. The van der Waals surface area contributed by atoms with Crippen LogP contribution in [-0.2, 0) is 16.0 Å². The number of ether oxygens (including phenoxy) is 1. The molecular formula is C18H18Cl2N2O3. The molecular weight excluding hydrogens is 363 g/mol. The van der Waals surface area contributed by atoms with Crippen LogP contribution in [0.3, 0.4) is 0 Å². The van der Waals surface area contributed by atoms with E-state index in [4.69, 9.17) is 27.9 Å². The van der Waals surface area contributed by atoms with Crippen LogP contribution in [0.25, 0.3) is 0 Å². The zero-order chi connectivity index (χ0) is 18.2. The van der Waals surface area contributed by atoms with E-state index < -0.39 is 5.91 Å². The van der Waals surface area contributed by atoms with E-state index in [0.717, 1.165) is 11.1 Å². The molecule has 0 radical (unpaired) electrons. The maximum Gasteiger partial charge on any atom is 0.276 e. The van der Waals surface area contributed by atoms with Crippen molar-refractivity contribution >= 4 is 35.0 Å². The van der Waals surface area contributed by atoms with Crippen molar-refractivity contribution in [3.8, 4) is 5.75 Å². The monoisotopic (exact) mass is 380 g/mol. The SMILES string of the molecule is Cc1ccc(OCC(=O)NNC(=O)CCc2cccc(Cl)c2Cl)cc1. The van der Waals surface area contributed by atoms with Gasteiger partial charge in [-0.05, 0) is 37.1 Å². The third kappa shape index (κ3) is 6.29. The van der Waals surface area contributed by atoms with Crippen LogP contribution in [-0.4, -0.2) is 18.4 Å². The summed E-state index contributed by atoms with van der Waals surface area (Å²) in [6, 6.07) is 12.6. The van der Waals surface area contributed by atoms with Gasteiger partial charge in [-0.1, -0.05) is 53.0 Å². The summed E-state index contributed by atoms with van der Waals surface area (Å²) in [5.74, 6) is -0.197. The highest BCUT2D eigenvalue weighted by molar-refractivity contribution is 6.42. The number of carbonyl (C=O) groups is 2. The predicted octanol–water partition coefficient (Wildman–Crippen LogP) is 3.46. The minimum atomic E-state index is -0.449. The maximum atomic E-state index is 11.8. The number of carbonyl (C=O) groups excluding carboxylic acids is 2. The van der Waals surface area contributed by atoms with Gasteiger partial charge in [-0.3, -0.25) is 20.4 Å². The zero-order valence-electron chi connectivity index (χ0n) is 13.6. The topological polar surface area (TPSA) is 67.4 Å². The summed E-state index contributed by atoms with van der Waals surface area (Å²) in [6.45, 7) is 1.77. The summed E-state index contributed by atoms with van der Waals surface area (Å²) in [5.41, 5.74) is 6.52. The molecule has 2 rings (SSSR count). The Balaban J connectivity index is 1.69. The average Bonchev–Trinajstić information content (AvgIpc) is 2.60. The highest BCUT2D eigenvalue weighted by atomic mass is 35.5. The van der Waals surface area contributed by atoms with E-state index >= 15 is 0 Å². The Labute approximate surface area is 156 Å². The lowest BCUT2D eigenvalue weighted by Gasteiger charge is -2.09. The molecule has 25 heavy (non-hydrogen) atoms. The van der Waals surface area contributed by atoms with Crippen LogP contribution in [0.15, 0.2) is 42.5 Å². The molecule has 0 heterocycles. The normalized spacial score (nSPS) is 10.2. The van der Waals surface area contributed by atoms with Gasteiger partial charge < -0.3 is 4.74 Å². The van der Waals surface area contributed by atoms with Gasteiger partial charge in [0.05, 0.1) is 10.0 Å². The second-order valence-corrected chi connectivity index (χ2v) is 6.20. The molecule has 0 aliphatic rings. The molecule has 0 aliphatic carbocycles. The lowest BCUT2D eigenvalue weighted by molar-refractivity contribution is -0.130. The Morgan fingerprint density at radius 2 is 1.68 bits per heavy atom. The summed E-state index contributed by atoms with van der Waals surface area (Å²) < 4.78 is 5.32. The van der Waals surface area contributed by atoms with Crippen molar-refractivity contribution in [3.63, 3.8) is 0 Å². The molecule has 2 aromatic rings. The highest BCUT2D eigenvalue weighted by Crippen LogP contribution is 2.26. The molecule has 0 fully saturated rings. The minimum Gasteiger partial charge on any atom is -0.484 e. The number of hydrazine groups is 1. The Hall–Kier alpha value is -2.24. The number of nitrogens with one attached hydrogen (secondary N) is 2. The van der Waals surface area contributed by atoms with Crippen molar-refractivity contribution in [2.45, 2.75) is 19.8 Å². The summed E-state index contributed by atoms with van der Waals surface area (Å²) in [4.78, 5) is 23.5. The van der Waals surface area contributed by atoms with E-state index in [9.17, 15) is 9.59 Å². The van der Waals surface area contributed by atoms with E-state index in [1.165, 1.54) is 0 Å². The first-order valence-electron chi connectivity index (χ1n) is 7.66. The maximum absolute atomic E-state index is 11.8. The second kappa shape index (κ2) is 9.30. The molecule has 132 valence electrons. The van der Waals surface area contributed by atoms with Crippen LogP contribution in [0.1, 0.15) is 17.5 Å². The molecule has 5 nitrogen and oxygen atoms in total. The third-order valence-electron chi connectivity index (χ3n) is 3.39. The number of amides is 2. The standard InChI is InChI=1S/C18H18Cl2N2O3/c1-12-5-8-14(9-6-12)25-11-17(24)22-21-16(23)10-7-13-3-2-4-15(19)18(13)20/h2-6,8-9H,7,10-11H2,1H3,(H,21,23)(H,22,24). The fourth-order valence-electron chi connectivity index (χ4n) is 2.01. The van der Waals surface area contributed by atoms with Crippen LogP contribution in [0.2, 0.25) is 10.0 Å². The van der Waals surface area contributed by atoms with Gasteiger partial charge >= 0.3 is 0 Å². The summed E-state index contributed by atoms with van der Waals surface area (Å²) >= 11 is 12.0. The molecule has 0 saturated carbocycles. The first kappa shape index (κ1) is 19.1. The molecule has 0 atom stereocenters. The molecule has 0 unspecified atom stereocenters. The van der Waals surface area contributed by atoms with Crippen molar-refractivity contribution in [2.75, 3.05) is 6.61 Å². The van der Waals surface area contributed by atoms with Gasteiger partial charge in [0.2, 0.25) is 5.91 Å².